The number of rotatable bonds is 2. The zero-order valence-electron chi connectivity index (χ0n) is 8.63. The average Bonchev–Trinajstić information content (AvgIpc) is 2.58. The molecule has 2 rings (SSSR count). The molecule has 1 saturated heterocycles. The summed E-state index contributed by atoms with van der Waals surface area (Å²) in [5.41, 5.74) is 0.503. The smallest absolute Gasteiger partial charge is 0.146 e. The molecule has 2 nitrogen and oxygen atoms in total. The molecule has 0 spiro atoms. The number of likely N-dealkylation sites (N-methyl/N-ethyl adjacent to an activating group) is 1. The molecule has 0 saturated carbocycles. The lowest BCUT2D eigenvalue weighted by Crippen LogP contribution is -2.23. The Hall–Kier alpha value is -0.800. The van der Waals surface area contributed by atoms with Gasteiger partial charge >= 0.3 is 0 Å². The van der Waals surface area contributed by atoms with Crippen LogP contribution < -0.4 is 5.32 Å². The first-order valence-electron chi connectivity index (χ1n) is 5.05. The van der Waals surface area contributed by atoms with Crippen LogP contribution in [0.4, 0.5) is 10.1 Å². The fraction of sp³-hybridized carbons (Fsp3) is 0.455. The molecule has 0 amide bonds. The van der Waals surface area contributed by atoms with Gasteiger partial charge in [0.05, 0.1) is 5.69 Å². The minimum Gasteiger partial charge on any atom is -0.379 e. The number of anilines is 1. The average molecular weight is 229 g/mol. The third kappa shape index (κ3) is 2.61. The van der Waals surface area contributed by atoms with E-state index in [0.717, 1.165) is 19.5 Å². The third-order valence-corrected chi connectivity index (χ3v) is 2.91. The van der Waals surface area contributed by atoms with Gasteiger partial charge in [0, 0.05) is 17.6 Å². The van der Waals surface area contributed by atoms with Gasteiger partial charge in [0.25, 0.3) is 0 Å². The van der Waals surface area contributed by atoms with Crippen LogP contribution in [0.2, 0.25) is 5.02 Å². The van der Waals surface area contributed by atoms with E-state index < -0.39 is 0 Å². The first-order chi connectivity index (χ1) is 7.15. The Morgan fingerprint density at radius 2 is 2.33 bits per heavy atom. The molecule has 1 aliphatic rings. The standard InChI is InChI=1S/C11H14ClFN2/c1-15-5-4-9(7-15)14-11-6-8(12)2-3-10(11)13/h2-3,6,9,14H,4-5,7H2,1H3. The van der Waals surface area contributed by atoms with Crippen LogP contribution in [-0.4, -0.2) is 31.1 Å². The highest BCUT2D eigenvalue weighted by Gasteiger charge is 2.19. The van der Waals surface area contributed by atoms with Crippen molar-refractivity contribution in [3.8, 4) is 0 Å². The Kier molecular flexibility index (Phi) is 3.12. The highest BCUT2D eigenvalue weighted by atomic mass is 35.5. The number of benzene rings is 1. The second-order valence-corrected chi connectivity index (χ2v) is 4.45. The summed E-state index contributed by atoms with van der Waals surface area (Å²) >= 11 is 5.81. The van der Waals surface area contributed by atoms with Crippen molar-refractivity contribution in [2.45, 2.75) is 12.5 Å². The molecular weight excluding hydrogens is 215 g/mol. The summed E-state index contributed by atoms with van der Waals surface area (Å²) in [5.74, 6) is -0.242. The summed E-state index contributed by atoms with van der Waals surface area (Å²) in [5, 5.41) is 3.74. The van der Waals surface area contributed by atoms with E-state index in [4.69, 9.17) is 11.6 Å². The van der Waals surface area contributed by atoms with E-state index in [1.807, 2.05) is 0 Å². The van der Waals surface area contributed by atoms with Gasteiger partial charge in [-0.3, -0.25) is 0 Å². The Morgan fingerprint density at radius 3 is 3.00 bits per heavy atom. The van der Waals surface area contributed by atoms with E-state index in [0.29, 0.717) is 16.8 Å². The second kappa shape index (κ2) is 4.37. The fourth-order valence-corrected chi connectivity index (χ4v) is 2.05. The highest BCUT2D eigenvalue weighted by Crippen LogP contribution is 2.22. The molecule has 1 aromatic carbocycles. The van der Waals surface area contributed by atoms with Crippen molar-refractivity contribution in [3.63, 3.8) is 0 Å². The Balaban J connectivity index is 2.07. The number of hydrogen-bond donors (Lipinski definition) is 1. The molecule has 1 aromatic rings. The minimum atomic E-state index is -0.242. The lowest BCUT2D eigenvalue weighted by atomic mass is 10.2. The molecule has 1 heterocycles. The van der Waals surface area contributed by atoms with E-state index in [9.17, 15) is 4.39 Å². The Morgan fingerprint density at radius 1 is 1.53 bits per heavy atom. The largest absolute Gasteiger partial charge is 0.379 e. The van der Waals surface area contributed by atoms with Crippen LogP contribution in [0.15, 0.2) is 18.2 Å². The lowest BCUT2D eigenvalue weighted by molar-refractivity contribution is 0.414. The van der Waals surface area contributed by atoms with Gasteiger partial charge in [0.2, 0.25) is 0 Å². The van der Waals surface area contributed by atoms with E-state index in [2.05, 4.69) is 17.3 Å². The van der Waals surface area contributed by atoms with Gasteiger partial charge in [-0.15, -0.1) is 0 Å². The summed E-state index contributed by atoms with van der Waals surface area (Å²) in [6, 6.07) is 4.91. The van der Waals surface area contributed by atoms with Crippen molar-refractivity contribution in [1.82, 2.24) is 4.90 Å². The van der Waals surface area contributed by atoms with Crippen molar-refractivity contribution in [1.29, 1.82) is 0 Å². The molecule has 1 N–H and O–H groups in total. The molecule has 1 atom stereocenters. The third-order valence-electron chi connectivity index (χ3n) is 2.68. The molecule has 0 radical (unpaired) electrons. The molecule has 82 valence electrons. The maximum Gasteiger partial charge on any atom is 0.146 e. The van der Waals surface area contributed by atoms with E-state index in [-0.39, 0.29) is 5.82 Å². The van der Waals surface area contributed by atoms with Crippen molar-refractivity contribution in [3.05, 3.63) is 29.0 Å². The predicted octanol–water partition coefficient (Wildman–Crippen LogP) is 2.60. The first-order valence-corrected chi connectivity index (χ1v) is 5.43. The number of hydrogen-bond acceptors (Lipinski definition) is 2. The zero-order chi connectivity index (χ0) is 10.8. The van der Waals surface area contributed by atoms with Gasteiger partial charge in [-0.2, -0.15) is 0 Å². The van der Waals surface area contributed by atoms with Crippen LogP contribution in [-0.2, 0) is 0 Å². The number of nitrogens with zero attached hydrogens (tertiary/aromatic N) is 1. The molecule has 1 fully saturated rings. The van der Waals surface area contributed by atoms with Crippen molar-refractivity contribution in [2.24, 2.45) is 0 Å². The highest BCUT2D eigenvalue weighted by molar-refractivity contribution is 6.30. The van der Waals surface area contributed by atoms with Gasteiger partial charge < -0.3 is 10.2 Å². The van der Waals surface area contributed by atoms with Crippen LogP contribution in [0.3, 0.4) is 0 Å². The van der Waals surface area contributed by atoms with Gasteiger partial charge in [-0.25, -0.2) is 4.39 Å². The van der Waals surface area contributed by atoms with Crippen LogP contribution in [0.25, 0.3) is 0 Å². The van der Waals surface area contributed by atoms with Crippen LogP contribution >= 0.6 is 11.6 Å². The maximum atomic E-state index is 13.4. The molecule has 0 bridgehead atoms. The fourth-order valence-electron chi connectivity index (χ4n) is 1.88. The van der Waals surface area contributed by atoms with E-state index in [1.165, 1.54) is 6.07 Å². The van der Waals surface area contributed by atoms with Crippen molar-refractivity contribution < 1.29 is 4.39 Å². The summed E-state index contributed by atoms with van der Waals surface area (Å²) in [6.45, 7) is 2.01. The monoisotopic (exact) mass is 228 g/mol. The molecule has 1 aliphatic heterocycles. The quantitative estimate of drug-likeness (QED) is 0.837. The van der Waals surface area contributed by atoms with Crippen molar-refractivity contribution in [2.75, 3.05) is 25.5 Å². The Labute approximate surface area is 94.0 Å². The van der Waals surface area contributed by atoms with Crippen LogP contribution in [0.1, 0.15) is 6.42 Å². The van der Waals surface area contributed by atoms with Crippen LogP contribution in [0, 0.1) is 5.82 Å². The normalized spacial score (nSPS) is 21.9. The maximum absolute atomic E-state index is 13.4. The molecule has 4 heteroatoms. The summed E-state index contributed by atoms with van der Waals surface area (Å²) in [4.78, 5) is 2.22. The van der Waals surface area contributed by atoms with Crippen LogP contribution in [0.5, 0.6) is 0 Å². The number of halogens is 2. The minimum absolute atomic E-state index is 0.242. The molecular formula is C11H14ClFN2. The molecule has 15 heavy (non-hydrogen) atoms. The van der Waals surface area contributed by atoms with Gasteiger partial charge in [0.15, 0.2) is 0 Å². The predicted molar refractivity (Wildman–Crippen MR) is 60.9 cm³/mol. The van der Waals surface area contributed by atoms with E-state index >= 15 is 0 Å². The summed E-state index contributed by atoms with van der Waals surface area (Å²) in [6.07, 6.45) is 1.04. The van der Waals surface area contributed by atoms with Gasteiger partial charge in [-0.1, -0.05) is 11.6 Å². The summed E-state index contributed by atoms with van der Waals surface area (Å²) < 4.78 is 13.4. The first kappa shape index (κ1) is 10.7. The number of likely N-dealkylation sites (tertiary alicyclic amines) is 1. The topological polar surface area (TPSA) is 15.3 Å². The Bertz CT molecular complexity index is 356. The zero-order valence-corrected chi connectivity index (χ0v) is 9.39. The molecule has 0 aromatic heterocycles. The SMILES string of the molecule is CN1CCC(Nc2cc(Cl)ccc2F)C1. The summed E-state index contributed by atoms with van der Waals surface area (Å²) in [7, 11) is 2.07. The molecule has 0 aliphatic carbocycles. The second-order valence-electron chi connectivity index (χ2n) is 4.02. The number of nitrogens with one attached hydrogen (secondary N) is 1. The van der Waals surface area contributed by atoms with E-state index in [1.54, 1.807) is 12.1 Å². The van der Waals surface area contributed by atoms with Gasteiger partial charge in [-0.05, 0) is 38.2 Å². The van der Waals surface area contributed by atoms with Gasteiger partial charge in [0.1, 0.15) is 5.82 Å². The van der Waals surface area contributed by atoms with Crippen molar-refractivity contribution >= 4 is 17.3 Å². The lowest BCUT2D eigenvalue weighted by Gasteiger charge is -2.14. The molecule has 1 unspecified atom stereocenters.